The minimum atomic E-state index is -1.38. The third-order valence-corrected chi connectivity index (χ3v) is 8.52. The second-order valence-electron chi connectivity index (χ2n) is 8.45. The molecule has 2 aromatic rings. The van der Waals surface area contributed by atoms with E-state index >= 15 is 0 Å². The van der Waals surface area contributed by atoms with E-state index in [9.17, 15) is 33.9 Å². The van der Waals surface area contributed by atoms with Crippen LogP contribution in [0.1, 0.15) is 5.69 Å². The van der Waals surface area contributed by atoms with Crippen molar-refractivity contribution in [2.24, 2.45) is 5.16 Å². The maximum absolute atomic E-state index is 13.0. The number of aromatic amines is 1. The molecular weight excluding hydrogens is 630 g/mol. The van der Waals surface area contributed by atoms with Gasteiger partial charge >= 0.3 is 17.1 Å². The fraction of sp³-hybridized carbons (Fsp3) is 0.318. The number of anilines is 1. The van der Waals surface area contributed by atoms with Gasteiger partial charge in [0, 0.05) is 17.7 Å². The number of carbonyl (C=O) groups is 4. The molecule has 0 bridgehead atoms. The predicted octanol–water partition coefficient (Wildman–Crippen LogP) is -2.53. The number of thioether (sulfide) groups is 2. The van der Waals surface area contributed by atoms with Crippen LogP contribution in [0.3, 0.4) is 0 Å². The van der Waals surface area contributed by atoms with Crippen molar-refractivity contribution in [2.45, 2.75) is 23.1 Å². The number of aliphatic hydroxyl groups is 1. The van der Waals surface area contributed by atoms with Crippen molar-refractivity contribution in [1.82, 2.24) is 35.3 Å². The largest absolute Gasteiger partial charge is 0.477 e. The number of aliphatic carboxylic acids is 1. The summed E-state index contributed by atoms with van der Waals surface area (Å²) in [6.07, 6.45) is 1.40. The van der Waals surface area contributed by atoms with Gasteiger partial charge in [0.15, 0.2) is 16.0 Å². The number of fused-ring (bicyclic) bond motifs is 1. The third-order valence-electron chi connectivity index (χ3n) is 5.75. The lowest BCUT2D eigenvalue weighted by Gasteiger charge is -2.49. The molecule has 1 fully saturated rings. The van der Waals surface area contributed by atoms with Gasteiger partial charge in [0.1, 0.15) is 36.5 Å². The number of amides is 3. The van der Waals surface area contributed by atoms with E-state index in [2.05, 4.69) is 25.9 Å². The third kappa shape index (κ3) is 6.79. The van der Waals surface area contributed by atoms with Gasteiger partial charge in [0.2, 0.25) is 5.91 Å². The lowest BCUT2D eigenvalue weighted by Crippen LogP contribution is -2.71. The Hall–Kier alpha value is -4.47. The number of H-pyrrole nitrogens is 1. The standard InChI is InChI=1S/C22H23N9O9S3/c1-40-29-12(10-8-43-21(23)25-10)15(34)26-13-17(36)31-14(20(38)39)9(7-42-19(13)31)2-5-41-22-28-27-16(35)18(37)30(22)6-11(33)24-3-4-32/h2,5,8,13,19,32H,3-4,6-7H2,1H3,(H2,23,25)(H,24,33)(H,26,34)(H,27,35)(H,38,39). The number of rotatable bonds is 12. The van der Waals surface area contributed by atoms with Gasteiger partial charge in [-0.3, -0.25) is 33.4 Å². The Labute approximate surface area is 253 Å². The molecular formula is C22H23N9O9S3. The van der Waals surface area contributed by atoms with Gasteiger partial charge in [-0.05, 0) is 17.1 Å². The van der Waals surface area contributed by atoms with Crippen molar-refractivity contribution in [3.8, 4) is 0 Å². The number of nitrogens with zero attached hydrogens (tertiary/aromatic N) is 5. The van der Waals surface area contributed by atoms with E-state index in [0.717, 1.165) is 32.6 Å². The lowest BCUT2D eigenvalue weighted by molar-refractivity contribution is -0.150. The van der Waals surface area contributed by atoms with E-state index in [0.29, 0.717) is 0 Å². The number of oxime groups is 1. The summed E-state index contributed by atoms with van der Waals surface area (Å²) >= 11 is 3.10. The molecule has 2 unspecified atom stereocenters. The summed E-state index contributed by atoms with van der Waals surface area (Å²) < 4.78 is 0.825. The lowest BCUT2D eigenvalue weighted by atomic mass is 10.0. The van der Waals surface area contributed by atoms with Crippen LogP contribution in [-0.2, 0) is 30.6 Å². The Bertz CT molecular complexity index is 1660. The van der Waals surface area contributed by atoms with Crippen LogP contribution in [-0.4, -0.2) is 102 Å². The molecule has 0 spiro atoms. The average molecular weight is 654 g/mol. The summed E-state index contributed by atoms with van der Waals surface area (Å²) in [6.45, 7) is -0.926. The summed E-state index contributed by atoms with van der Waals surface area (Å²) in [5.74, 6) is -3.32. The molecule has 2 aromatic heterocycles. The molecule has 0 aliphatic carbocycles. The molecule has 4 heterocycles. The highest BCUT2D eigenvalue weighted by Crippen LogP contribution is 2.41. The number of β-lactam (4-membered cyclic amide) rings is 1. The van der Waals surface area contributed by atoms with Crippen LogP contribution in [0.25, 0.3) is 0 Å². The molecule has 1 saturated heterocycles. The van der Waals surface area contributed by atoms with Crippen molar-refractivity contribution in [3.63, 3.8) is 0 Å². The van der Waals surface area contributed by atoms with E-state index in [4.69, 9.17) is 15.7 Å². The van der Waals surface area contributed by atoms with E-state index < -0.39 is 52.8 Å². The van der Waals surface area contributed by atoms with Gasteiger partial charge in [-0.2, -0.15) is 0 Å². The maximum Gasteiger partial charge on any atom is 0.352 e. The number of nitrogen functional groups attached to an aromatic ring is 1. The number of hydrogen-bond acceptors (Lipinski definition) is 15. The first-order valence-electron chi connectivity index (χ1n) is 12.0. The Morgan fingerprint density at radius 1 is 1.35 bits per heavy atom. The SMILES string of the molecule is CON=C(C(=O)NC1C(=O)N2C(C(=O)O)=C(C=CSc3n[nH]c(=O)c(=O)n3CC(=O)NCCO)CSC12)c1csc(N)n1. The van der Waals surface area contributed by atoms with Crippen LogP contribution in [0.5, 0.6) is 0 Å². The number of nitrogens with two attached hydrogens (primary N) is 1. The molecule has 2 aliphatic heterocycles. The first-order chi connectivity index (χ1) is 20.6. The van der Waals surface area contributed by atoms with Crippen LogP contribution < -0.4 is 27.5 Å². The highest BCUT2D eigenvalue weighted by Gasteiger charge is 2.54. The second kappa shape index (κ2) is 13.7. The first kappa shape index (κ1) is 31.5. The molecule has 2 atom stereocenters. The molecule has 4 rings (SSSR count). The van der Waals surface area contributed by atoms with Crippen molar-refractivity contribution < 1.29 is 34.2 Å². The van der Waals surface area contributed by atoms with E-state index in [-0.39, 0.29) is 51.9 Å². The van der Waals surface area contributed by atoms with E-state index in [1.165, 1.54) is 35.7 Å². The van der Waals surface area contributed by atoms with Crippen LogP contribution in [0.4, 0.5) is 5.13 Å². The van der Waals surface area contributed by atoms with E-state index in [1.54, 1.807) is 0 Å². The zero-order valence-electron chi connectivity index (χ0n) is 22.0. The Morgan fingerprint density at radius 2 is 2.12 bits per heavy atom. The summed E-state index contributed by atoms with van der Waals surface area (Å²) in [6, 6.07) is -1.05. The molecule has 43 heavy (non-hydrogen) atoms. The van der Waals surface area contributed by atoms with Gasteiger partial charge in [-0.15, -0.1) is 28.2 Å². The second-order valence-corrected chi connectivity index (χ2v) is 11.3. The minimum Gasteiger partial charge on any atom is -0.477 e. The smallest absolute Gasteiger partial charge is 0.352 e. The molecule has 228 valence electrons. The number of nitrogens with one attached hydrogen (secondary N) is 3. The molecule has 0 aromatic carbocycles. The number of carbonyl (C=O) groups excluding carboxylic acids is 3. The maximum atomic E-state index is 13.0. The number of aromatic nitrogens is 4. The average Bonchev–Trinajstić information content (AvgIpc) is 3.41. The number of hydrogen-bond donors (Lipinski definition) is 6. The minimum absolute atomic E-state index is 0.0556. The molecule has 3 amide bonds. The Balaban J connectivity index is 1.51. The fourth-order valence-electron chi connectivity index (χ4n) is 3.89. The number of aliphatic hydroxyl groups excluding tert-OH is 1. The Kier molecular flexibility index (Phi) is 10.0. The van der Waals surface area contributed by atoms with Crippen molar-refractivity contribution >= 4 is 69.4 Å². The van der Waals surface area contributed by atoms with Gasteiger partial charge in [-0.25, -0.2) is 14.9 Å². The van der Waals surface area contributed by atoms with Crippen molar-refractivity contribution in [3.05, 3.63) is 54.5 Å². The summed E-state index contributed by atoms with van der Waals surface area (Å²) in [5.41, 5.74) is 3.42. The predicted molar refractivity (Wildman–Crippen MR) is 154 cm³/mol. The molecule has 21 heteroatoms. The van der Waals surface area contributed by atoms with Gasteiger partial charge < -0.3 is 31.4 Å². The van der Waals surface area contributed by atoms with Gasteiger partial charge in [0.05, 0.1) is 6.61 Å². The summed E-state index contributed by atoms with van der Waals surface area (Å²) in [4.78, 5) is 84.0. The van der Waals surface area contributed by atoms with Crippen LogP contribution in [0, 0.1) is 0 Å². The van der Waals surface area contributed by atoms with Crippen LogP contribution in [0.2, 0.25) is 0 Å². The number of carboxylic acid groups (broad SMARTS) is 1. The monoisotopic (exact) mass is 653 g/mol. The van der Waals surface area contributed by atoms with Gasteiger partial charge in [-0.1, -0.05) is 16.9 Å². The number of carboxylic acids is 1. The fourth-order valence-corrected chi connectivity index (χ4v) is 6.48. The number of allylic oxidation sites excluding steroid dienone is 1. The summed E-state index contributed by atoms with van der Waals surface area (Å²) in [7, 11) is 1.23. The normalized spacial score (nSPS) is 18.3. The van der Waals surface area contributed by atoms with Crippen molar-refractivity contribution in [2.75, 3.05) is 31.7 Å². The quantitative estimate of drug-likeness (QED) is 0.0454. The van der Waals surface area contributed by atoms with Crippen molar-refractivity contribution in [1.29, 1.82) is 0 Å². The highest BCUT2D eigenvalue weighted by molar-refractivity contribution is 8.02. The molecule has 18 nitrogen and oxygen atoms in total. The molecule has 2 aliphatic rings. The first-order valence-corrected chi connectivity index (χ1v) is 14.8. The molecule has 0 saturated carbocycles. The molecule has 0 radical (unpaired) electrons. The topological polar surface area (TPSA) is 264 Å². The van der Waals surface area contributed by atoms with Crippen LogP contribution >= 0.6 is 34.9 Å². The zero-order chi connectivity index (χ0) is 31.3. The zero-order valence-corrected chi connectivity index (χ0v) is 24.5. The van der Waals surface area contributed by atoms with Gasteiger partial charge in [0.25, 0.3) is 11.8 Å². The summed E-state index contributed by atoms with van der Waals surface area (Å²) in [5, 5.41) is 35.5. The highest BCUT2D eigenvalue weighted by atomic mass is 32.2. The Morgan fingerprint density at radius 3 is 2.77 bits per heavy atom. The number of thiazole rings is 1. The van der Waals surface area contributed by atoms with Crippen LogP contribution in [0.15, 0.2) is 48.0 Å². The van der Waals surface area contributed by atoms with E-state index in [1.807, 2.05) is 5.10 Å². The molecule has 7 N–H and O–H groups in total.